The van der Waals surface area contributed by atoms with Gasteiger partial charge in [0, 0.05) is 18.0 Å². The fraction of sp³-hybridized carbons (Fsp3) is 0. The lowest BCUT2D eigenvalue weighted by Crippen LogP contribution is -1.88. The average Bonchev–Trinajstić information content (AvgIpc) is 2.77. The van der Waals surface area contributed by atoms with Crippen LogP contribution in [0.4, 0.5) is 0 Å². The molecule has 4 aromatic rings. The number of para-hydroxylation sites is 2. The third kappa shape index (κ3) is 4.24. The van der Waals surface area contributed by atoms with Crippen LogP contribution in [0.25, 0.3) is 34.4 Å². The van der Waals surface area contributed by atoms with E-state index in [1.165, 1.54) is 6.08 Å². The molecule has 0 aliphatic heterocycles. The number of allylic oxidation sites excluding steroid dienone is 2. The van der Waals surface area contributed by atoms with Gasteiger partial charge in [-0.3, -0.25) is 14.8 Å². The van der Waals surface area contributed by atoms with E-state index in [0.717, 1.165) is 33.4 Å². The van der Waals surface area contributed by atoms with Crippen LogP contribution in [0.3, 0.4) is 0 Å². The number of pyridine rings is 1. The second-order valence-electron chi connectivity index (χ2n) is 6.22. The molecular weight excluding hydrogens is 346 g/mol. The number of ketones is 1. The van der Waals surface area contributed by atoms with Gasteiger partial charge in [0.1, 0.15) is 0 Å². The Bertz CT molecular complexity index is 1160. The summed E-state index contributed by atoms with van der Waals surface area (Å²) in [6, 6.07) is 19.4. The number of carbonyl (C=O) groups is 1. The van der Waals surface area contributed by atoms with E-state index in [1.54, 1.807) is 36.8 Å². The predicted octanol–water partition coefficient (Wildman–Crippen LogP) is 4.99. The van der Waals surface area contributed by atoms with Gasteiger partial charge in [0.25, 0.3) is 0 Å². The first-order valence-electron chi connectivity index (χ1n) is 8.90. The molecule has 2 heterocycles. The Labute approximate surface area is 162 Å². The zero-order chi connectivity index (χ0) is 19.2. The number of rotatable bonds is 5. The highest BCUT2D eigenvalue weighted by Crippen LogP contribution is 2.20. The van der Waals surface area contributed by atoms with Crippen LogP contribution in [0.5, 0.6) is 0 Å². The third-order valence-electron chi connectivity index (χ3n) is 4.22. The molecule has 28 heavy (non-hydrogen) atoms. The standard InChI is InChI=1S/C24H17N3O/c28-21(14-10-19-4-3-15-25-16-19)13-9-18-7-11-20(12-8-18)24-17-26-22-5-1-2-6-23(22)27-24/h1-17H. The van der Waals surface area contributed by atoms with E-state index in [9.17, 15) is 4.79 Å². The number of hydrogen-bond acceptors (Lipinski definition) is 4. The smallest absolute Gasteiger partial charge is 0.178 e. The molecule has 0 atom stereocenters. The van der Waals surface area contributed by atoms with Crippen LogP contribution in [0.1, 0.15) is 11.1 Å². The molecule has 0 N–H and O–H groups in total. The average molecular weight is 363 g/mol. The molecule has 4 rings (SSSR count). The van der Waals surface area contributed by atoms with Crippen LogP contribution in [-0.2, 0) is 4.79 Å². The largest absolute Gasteiger partial charge is 0.290 e. The summed E-state index contributed by atoms with van der Waals surface area (Å²) in [5.74, 6) is -0.0756. The van der Waals surface area contributed by atoms with Crippen LogP contribution < -0.4 is 0 Å². The second-order valence-corrected chi connectivity index (χ2v) is 6.22. The minimum absolute atomic E-state index is 0.0756. The van der Waals surface area contributed by atoms with Crippen molar-refractivity contribution in [1.82, 2.24) is 15.0 Å². The third-order valence-corrected chi connectivity index (χ3v) is 4.22. The Morgan fingerprint density at radius 3 is 2.25 bits per heavy atom. The van der Waals surface area contributed by atoms with Gasteiger partial charge in [0.05, 0.1) is 22.9 Å². The summed E-state index contributed by atoms with van der Waals surface area (Å²) in [5.41, 5.74) is 5.40. The lowest BCUT2D eigenvalue weighted by molar-refractivity contribution is -0.110. The molecule has 4 nitrogen and oxygen atoms in total. The summed E-state index contributed by atoms with van der Waals surface area (Å²) in [6.45, 7) is 0. The molecule has 0 fully saturated rings. The lowest BCUT2D eigenvalue weighted by atomic mass is 10.1. The Morgan fingerprint density at radius 2 is 1.50 bits per heavy atom. The van der Waals surface area contributed by atoms with Crippen LogP contribution in [0.15, 0.2) is 91.4 Å². The van der Waals surface area contributed by atoms with Crippen molar-refractivity contribution in [3.63, 3.8) is 0 Å². The monoisotopic (exact) mass is 363 g/mol. The lowest BCUT2D eigenvalue weighted by Gasteiger charge is -2.03. The van der Waals surface area contributed by atoms with E-state index < -0.39 is 0 Å². The highest BCUT2D eigenvalue weighted by molar-refractivity contribution is 6.04. The minimum Gasteiger partial charge on any atom is -0.290 e. The molecule has 0 spiro atoms. The number of hydrogen-bond donors (Lipinski definition) is 0. The van der Waals surface area contributed by atoms with Crippen LogP contribution in [0.2, 0.25) is 0 Å². The van der Waals surface area contributed by atoms with Crippen molar-refractivity contribution in [2.75, 3.05) is 0 Å². The molecule has 134 valence electrons. The quantitative estimate of drug-likeness (QED) is 0.469. The van der Waals surface area contributed by atoms with Gasteiger partial charge in [-0.15, -0.1) is 0 Å². The topological polar surface area (TPSA) is 55.7 Å². The number of aromatic nitrogens is 3. The molecule has 0 aliphatic carbocycles. The Morgan fingerprint density at radius 1 is 0.750 bits per heavy atom. The van der Waals surface area contributed by atoms with Crippen LogP contribution in [0, 0.1) is 0 Å². The minimum atomic E-state index is -0.0756. The maximum Gasteiger partial charge on any atom is 0.178 e. The van der Waals surface area contributed by atoms with E-state index in [0.29, 0.717) is 0 Å². The predicted molar refractivity (Wildman–Crippen MR) is 112 cm³/mol. The van der Waals surface area contributed by atoms with Crippen molar-refractivity contribution in [2.45, 2.75) is 0 Å². The van der Waals surface area contributed by atoms with E-state index in [4.69, 9.17) is 0 Å². The highest BCUT2D eigenvalue weighted by Gasteiger charge is 2.02. The molecule has 4 heteroatoms. The molecular formula is C24H17N3O. The van der Waals surface area contributed by atoms with Crippen molar-refractivity contribution in [1.29, 1.82) is 0 Å². The first-order chi connectivity index (χ1) is 13.8. The fourth-order valence-corrected chi connectivity index (χ4v) is 2.75. The van der Waals surface area contributed by atoms with Crippen molar-refractivity contribution in [2.24, 2.45) is 0 Å². The molecule has 0 aliphatic rings. The van der Waals surface area contributed by atoms with Crippen molar-refractivity contribution >= 4 is 29.0 Å². The molecule has 2 aromatic carbocycles. The zero-order valence-corrected chi connectivity index (χ0v) is 15.1. The number of benzene rings is 2. The summed E-state index contributed by atoms with van der Waals surface area (Å²) >= 11 is 0. The zero-order valence-electron chi connectivity index (χ0n) is 15.1. The Hall–Kier alpha value is -3.92. The molecule has 2 aromatic heterocycles. The van der Waals surface area contributed by atoms with E-state index >= 15 is 0 Å². The molecule has 0 saturated heterocycles. The summed E-state index contributed by atoms with van der Waals surface area (Å²) in [5, 5.41) is 0. The van der Waals surface area contributed by atoms with Crippen molar-refractivity contribution in [3.8, 4) is 11.3 Å². The molecule has 0 radical (unpaired) electrons. The van der Waals surface area contributed by atoms with Crippen LogP contribution in [-0.4, -0.2) is 20.7 Å². The second kappa shape index (κ2) is 8.18. The van der Waals surface area contributed by atoms with Gasteiger partial charge in [-0.25, -0.2) is 4.98 Å². The van der Waals surface area contributed by atoms with E-state index in [2.05, 4.69) is 15.0 Å². The van der Waals surface area contributed by atoms with Gasteiger partial charge in [0.2, 0.25) is 0 Å². The van der Waals surface area contributed by atoms with E-state index in [1.807, 2.05) is 60.7 Å². The molecule has 0 amide bonds. The SMILES string of the molecule is O=C(C=Cc1ccc(-c2cnc3ccccc3n2)cc1)C=Cc1cccnc1. The Balaban J connectivity index is 1.46. The fourth-order valence-electron chi connectivity index (χ4n) is 2.75. The Kier molecular flexibility index (Phi) is 5.11. The van der Waals surface area contributed by atoms with Gasteiger partial charge in [-0.05, 0) is 47.6 Å². The van der Waals surface area contributed by atoms with Gasteiger partial charge in [-0.2, -0.15) is 0 Å². The van der Waals surface area contributed by atoms with Crippen molar-refractivity contribution in [3.05, 3.63) is 103 Å². The van der Waals surface area contributed by atoms with Gasteiger partial charge in [0.15, 0.2) is 5.78 Å². The summed E-state index contributed by atoms with van der Waals surface area (Å²) in [6.07, 6.45) is 11.8. The van der Waals surface area contributed by atoms with Crippen LogP contribution >= 0.6 is 0 Å². The summed E-state index contributed by atoms with van der Waals surface area (Å²) < 4.78 is 0. The summed E-state index contributed by atoms with van der Waals surface area (Å²) in [7, 11) is 0. The molecule has 0 bridgehead atoms. The van der Waals surface area contributed by atoms with Crippen molar-refractivity contribution < 1.29 is 4.79 Å². The normalized spacial score (nSPS) is 11.4. The number of fused-ring (bicyclic) bond motifs is 1. The highest BCUT2D eigenvalue weighted by atomic mass is 16.1. The van der Waals surface area contributed by atoms with Gasteiger partial charge < -0.3 is 0 Å². The first kappa shape index (κ1) is 17.5. The summed E-state index contributed by atoms with van der Waals surface area (Å²) in [4.78, 5) is 25.1. The van der Waals surface area contributed by atoms with Gasteiger partial charge >= 0.3 is 0 Å². The van der Waals surface area contributed by atoms with E-state index in [-0.39, 0.29) is 5.78 Å². The van der Waals surface area contributed by atoms with Gasteiger partial charge in [-0.1, -0.05) is 48.5 Å². The number of carbonyl (C=O) groups excluding carboxylic acids is 1. The first-order valence-corrected chi connectivity index (χ1v) is 8.90. The molecule has 0 saturated carbocycles. The maximum absolute atomic E-state index is 12.0. The maximum atomic E-state index is 12.0. The number of nitrogens with zero attached hydrogens (tertiary/aromatic N) is 3. The molecule has 0 unspecified atom stereocenters.